The Morgan fingerprint density at radius 2 is 1.67 bits per heavy atom. The van der Waals surface area contributed by atoms with Gasteiger partial charge in [0.05, 0.1) is 5.54 Å². The molecule has 1 aromatic heterocycles. The maximum Gasteiger partial charge on any atom is 0.254 e. The molecule has 148 valence electrons. The molecule has 8 nitrogen and oxygen atoms in total. The van der Waals surface area contributed by atoms with Crippen molar-refractivity contribution < 1.29 is 9.59 Å². The molecular weight excluding hydrogens is 344 g/mol. The molecule has 0 saturated carbocycles. The Hall–Kier alpha value is -2.19. The van der Waals surface area contributed by atoms with Gasteiger partial charge in [0.1, 0.15) is 5.82 Å². The SMILES string of the molecule is CN1CCN(c2cc(C(=O)N3CCN(C(C)(C)C(N)=O)CC3)ccn2)CC1. The molecule has 0 radical (unpaired) electrons. The summed E-state index contributed by atoms with van der Waals surface area (Å²) in [6.07, 6.45) is 1.72. The van der Waals surface area contributed by atoms with Crippen LogP contribution in [0.25, 0.3) is 0 Å². The van der Waals surface area contributed by atoms with Crippen molar-refractivity contribution in [1.82, 2.24) is 19.7 Å². The fourth-order valence-corrected chi connectivity index (χ4v) is 3.57. The molecule has 0 unspecified atom stereocenters. The highest BCUT2D eigenvalue weighted by molar-refractivity contribution is 5.95. The summed E-state index contributed by atoms with van der Waals surface area (Å²) < 4.78 is 0. The van der Waals surface area contributed by atoms with Crippen LogP contribution in [-0.4, -0.2) is 96.4 Å². The zero-order valence-electron chi connectivity index (χ0n) is 16.5. The third-order valence-corrected chi connectivity index (χ3v) is 5.78. The van der Waals surface area contributed by atoms with E-state index in [-0.39, 0.29) is 11.8 Å². The highest BCUT2D eigenvalue weighted by atomic mass is 16.2. The van der Waals surface area contributed by atoms with E-state index in [9.17, 15) is 9.59 Å². The quantitative estimate of drug-likeness (QED) is 0.789. The average molecular weight is 374 g/mol. The Morgan fingerprint density at radius 3 is 2.26 bits per heavy atom. The predicted octanol–water partition coefficient (Wildman–Crippen LogP) is -0.145. The van der Waals surface area contributed by atoms with Crippen molar-refractivity contribution in [3.8, 4) is 0 Å². The van der Waals surface area contributed by atoms with E-state index >= 15 is 0 Å². The summed E-state index contributed by atoms with van der Waals surface area (Å²) in [5.74, 6) is 0.542. The monoisotopic (exact) mass is 374 g/mol. The Morgan fingerprint density at radius 1 is 1.04 bits per heavy atom. The molecule has 0 atom stereocenters. The maximum atomic E-state index is 12.9. The minimum Gasteiger partial charge on any atom is -0.368 e. The number of rotatable bonds is 4. The number of aromatic nitrogens is 1. The van der Waals surface area contributed by atoms with Crippen LogP contribution in [0, 0.1) is 0 Å². The van der Waals surface area contributed by atoms with Gasteiger partial charge in [-0.2, -0.15) is 0 Å². The summed E-state index contributed by atoms with van der Waals surface area (Å²) in [7, 11) is 2.11. The van der Waals surface area contributed by atoms with Crippen LogP contribution in [0.5, 0.6) is 0 Å². The lowest BCUT2D eigenvalue weighted by atomic mass is 10.0. The van der Waals surface area contributed by atoms with Gasteiger partial charge in [-0.05, 0) is 33.0 Å². The third-order valence-electron chi connectivity index (χ3n) is 5.78. The Balaban J connectivity index is 1.64. The van der Waals surface area contributed by atoms with Crippen LogP contribution in [0.4, 0.5) is 5.82 Å². The summed E-state index contributed by atoms with van der Waals surface area (Å²) >= 11 is 0. The first-order valence-electron chi connectivity index (χ1n) is 9.53. The second-order valence-electron chi connectivity index (χ2n) is 7.90. The van der Waals surface area contributed by atoms with Gasteiger partial charge in [-0.3, -0.25) is 14.5 Å². The van der Waals surface area contributed by atoms with Gasteiger partial charge in [0, 0.05) is 64.1 Å². The molecule has 3 heterocycles. The summed E-state index contributed by atoms with van der Waals surface area (Å²) in [5.41, 5.74) is 5.48. The Labute approximate surface area is 160 Å². The van der Waals surface area contributed by atoms with E-state index < -0.39 is 5.54 Å². The lowest BCUT2D eigenvalue weighted by molar-refractivity contribution is -0.129. The summed E-state index contributed by atoms with van der Waals surface area (Å²) in [4.78, 5) is 37.4. The van der Waals surface area contributed by atoms with Crippen LogP contribution in [-0.2, 0) is 4.79 Å². The highest BCUT2D eigenvalue weighted by Crippen LogP contribution is 2.19. The van der Waals surface area contributed by atoms with Crippen molar-refractivity contribution in [3.05, 3.63) is 23.9 Å². The third kappa shape index (κ3) is 4.22. The molecule has 2 aliphatic heterocycles. The molecule has 0 spiro atoms. The van der Waals surface area contributed by atoms with Gasteiger partial charge in [0.25, 0.3) is 5.91 Å². The van der Waals surface area contributed by atoms with E-state index in [0.29, 0.717) is 31.7 Å². The maximum absolute atomic E-state index is 12.9. The number of hydrogen-bond donors (Lipinski definition) is 1. The van der Waals surface area contributed by atoms with Crippen molar-refractivity contribution in [2.75, 3.05) is 64.3 Å². The van der Waals surface area contributed by atoms with Crippen molar-refractivity contribution in [1.29, 1.82) is 0 Å². The van der Waals surface area contributed by atoms with E-state index in [4.69, 9.17) is 5.73 Å². The molecule has 2 aliphatic rings. The van der Waals surface area contributed by atoms with Crippen molar-refractivity contribution in [2.24, 2.45) is 5.73 Å². The number of pyridine rings is 1. The Bertz CT molecular complexity index is 691. The molecule has 0 bridgehead atoms. The van der Waals surface area contributed by atoms with Gasteiger partial charge in [0.15, 0.2) is 0 Å². The van der Waals surface area contributed by atoms with Crippen LogP contribution >= 0.6 is 0 Å². The van der Waals surface area contributed by atoms with Gasteiger partial charge < -0.3 is 20.4 Å². The number of nitrogens with two attached hydrogens (primary N) is 1. The number of piperazine rings is 2. The van der Waals surface area contributed by atoms with Gasteiger partial charge in [-0.25, -0.2) is 4.98 Å². The molecule has 8 heteroatoms. The lowest BCUT2D eigenvalue weighted by Gasteiger charge is -2.42. The van der Waals surface area contributed by atoms with Crippen LogP contribution in [0.1, 0.15) is 24.2 Å². The molecule has 27 heavy (non-hydrogen) atoms. The summed E-state index contributed by atoms with van der Waals surface area (Å²) in [6, 6.07) is 3.68. The first-order chi connectivity index (χ1) is 12.8. The van der Waals surface area contributed by atoms with Crippen molar-refractivity contribution in [3.63, 3.8) is 0 Å². The molecule has 2 fully saturated rings. The fraction of sp³-hybridized carbons (Fsp3) is 0.632. The average Bonchev–Trinajstić information content (AvgIpc) is 2.68. The number of carbonyl (C=O) groups is 2. The minimum atomic E-state index is -0.694. The van der Waals surface area contributed by atoms with Crippen LogP contribution in [0.15, 0.2) is 18.3 Å². The zero-order chi connectivity index (χ0) is 19.6. The van der Waals surface area contributed by atoms with Crippen molar-refractivity contribution in [2.45, 2.75) is 19.4 Å². The first kappa shape index (κ1) is 19.6. The van der Waals surface area contributed by atoms with E-state index in [2.05, 4.69) is 21.8 Å². The highest BCUT2D eigenvalue weighted by Gasteiger charge is 2.35. The number of likely N-dealkylation sites (N-methyl/N-ethyl adjacent to an activating group) is 1. The predicted molar refractivity (Wildman–Crippen MR) is 105 cm³/mol. The standard InChI is InChI=1S/C19H30N6O2/c1-19(2,18(20)27)25-12-10-24(11-13-25)17(26)15-4-5-21-16(14-15)23-8-6-22(3)7-9-23/h4-5,14H,6-13H2,1-3H3,(H2,20,27). The smallest absolute Gasteiger partial charge is 0.254 e. The first-order valence-corrected chi connectivity index (χ1v) is 9.53. The Kier molecular flexibility index (Phi) is 5.67. The van der Waals surface area contributed by atoms with Crippen LogP contribution in [0.2, 0.25) is 0 Å². The molecule has 2 N–H and O–H groups in total. The van der Waals surface area contributed by atoms with E-state index in [1.807, 2.05) is 29.7 Å². The fourth-order valence-electron chi connectivity index (χ4n) is 3.57. The van der Waals surface area contributed by atoms with Crippen LogP contribution in [0.3, 0.4) is 0 Å². The second kappa shape index (κ2) is 7.82. The topological polar surface area (TPSA) is 86.0 Å². The molecule has 2 amide bonds. The van der Waals surface area contributed by atoms with E-state index in [1.54, 1.807) is 12.3 Å². The number of anilines is 1. The number of primary amides is 1. The number of nitrogens with zero attached hydrogens (tertiary/aromatic N) is 5. The summed E-state index contributed by atoms with van der Waals surface area (Å²) in [5, 5.41) is 0. The van der Waals surface area contributed by atoms with Gasteiger partial charge in [-0.1, -0.05) is 0 Å². The van der Waals surface area contributed by atoms with E-state index in [1.165, 1.54) is 0 Å². The number of amides is 2. The van der Waals surface area contributed by atoms with Gasteiger partial charge in [-0.15, -0.1) is 0 Å². The molecule has 3 rings (SSSR count). The molecule has 2 saturated heterocycles. The number of carbonyl (C=O) groups excluding carboxylic acids is 2. The van der Waals surface area contributed by atoms with Gasteiger partial charge >= 0.3 is 0 Å². The minimum absolute atomic E-state index is 0.0179. The molecule has 0 aliphatic carbocycles. The zero-order valence-corrected chi connectivity index (χ0v) is 16.5. The molecule has 1 aromatic rings. The normalized spacial score (nSPS) is 20.0. The molecular formula is C19H30N6O2. The van der Waals surface area contributed by atoms with Gasteiger partial charge in [0.2, 0.25) is 5.91 Å². The van der Waals surface area contributed by atoms with E-state index in [0.717, 1.165) is 32.0 Å². The largest absolute Gasteiger partial charge is 0.368 e. The lowest BCUT2D eigenvalue weighted by Crippen LogP contribution is -2.60. The second-order valence-corrected chi connectivity index (χ2v) is 7.90. The summed E-state index contributed by atoms with van der Waals surface area (Å²) in [6.45, 7) is 9.94. The van der Waals surface area contributed by atoms with Crippen molar-refractivity contribution >= 4 is 17.6 Å². The van der Waals surface area contributed by atoms with Crippen LogP contribution < -0.4 is 10.6 Å². The molecule has 0 aromatic carbocycles. The number of hydrogen-bond acceptors (Lipinski definition) is 6.